The van der Waals surface area contributed by atoms with Crippen molar-refractivity contribution in [3.05, 3.63) is 47.2 Å². The quantitative estimate of drug-likeness (QED) is 0.676. The number of carbonyl (C=O) groups is 1. The largest absolute Gasteiger partial charge is 0.417 e. The first kappa shape index (κ1) is 21.1. The molecule has 1 amide bonds. The molecule has 1 aliphatic heterocycles. The normalized spacial score (nSPS) is 14.7. The Morgan fingerprint density at radius 3 is 2.59 bits per heavy atom. The molecule has 0 saturated carbocycles. The number of aromatic nitrogens is 2. The lowest BCUT2D eigenvalue weighted by molar-refractivity contribution is -0.137. The Balaban J connectivity index is 0.00000240. The molecule has 154 valence electrons. The van der Waals surface area contributed by atoms with Crippen molar-refractivity contribution in [2.75, 3.05) is 26.2 Å². The summed E-state index contributed by atoms with van der Waals surface area (Å²) in [6.45, 7) is 4.02. The van der Waals surface area contributed by atoms with Gasteiger partial charge in [-0.2, -0.15) is 13.2 Å². The fraction of sp³-hybridized carbons (Fsp3) is 0.316. The first-order chi connectivity index (χ1) is 13.4. The second-order valence-corrected chi connectivity index (χ2v) is 6.59. The van der Waals surface area contributed by atoms with E-state index in [1.54, 1.807) is 11.8 Å². The van der Waals surface area contributed by atoms with Gasteiger partial charge >= 0.3 is 6.18 Å². The van der Waals surface area contributed by atoms with Gasteiger partial charge in [0.25, 0.3) is 11.6 Å². The van der Waals surface area contributed by atoms with Crippen molar-refractivity contribution in [2.24, 2.45) is 0 Å². The van der Waals surface area contributed by atoms with Crippen molar-refractivity contribution in [2.45, 2.75) is 13.1 Å². The van der Waals surface area contributed by atoms with Gasteiger partial charge in [0.05, 0.1) is 27.9 Å². The molecule has 1 aliphatic rings. The molecule has 0 aliphatic carbocycles. The maximum absolute atomic E-state index is 13.5. The molecule has 4 rings (SSSR count). The minimum Gasteiger partial charge on any atom is -0.336 e. The van der Waals surface area contributed by atoms with Crippen LogP contribution in [0.15, 0.2) is 34.9 Å². The van der Waals surface area contributed by atoms with Crippen LogP contribution in [-0.4, -0.2) is 47.1 Å². The topological polar surface area (TPSA) is 71.3 Å². The van der Waals surface area contributed by atoms with Crippen molar-refractivity contribution in [1.82, 2.24) is 20.4 Å². The van der Waals surface area contributed by atoms with Gasteiger partial charge in [0.2, 0.25) is 0 Å². The molecule has 6 nitrogen and oxygen atoms in total. The number of hydrogen-bond acceptors (Lipinski definition) is 5. The Labute approximate surface area is 170 Å². The van der Waals surface area contributed by atoms with Crippen LogP contribution in [0.4, 0.5) is 13.2 Å². The summed E-state index contributed by atoms with van der Waals surface area (Å²) in [7, 11) is 0. The minimum absolute atomic E-state index is 0. The predicted octanol–water partition coefficient (Wildman–Crippen LogP) is 3.68. The maximum Gasteiger partial charge on any atom is 0.417 e. The van der Waals surface area contributed by atoms with Crippen LogP contribution in [0.25, 0.3) is 22.4 Å². The molecule has 3 aromatic rings. The summed E-state index contributed by atoms with van der Waals surface area (Å²) in [5.41, 5.74) is -0.145. The molecule has 1 N–H and O–H groups in total. The Morgan fingerprint density at radius 2 is 1.90 bits per heavy atom. The van der Waals surface area contributed by atoms with E-state index in [1.807, 2.05) is 0 Å². The number of halogens is 4. The number of amides is 1. The third kappa shape index (κ3) is 3.92. The zero-order valence-corrected chi connectivity index (χ0v) is 16.2. The van der Waals surface area contributed by atoms with Gasteiger partial charge in [-0.25, -0.2) is 4.98 Å². The number of benzene rings is 1. The monoisotopic (exact) mass is 426 g/mol. The van der Waals surface area contributed by atoms with Gasteiger partial charge < -0.3 is 14.7 Å². The van der Waals surface area contributed by atoms with E-state index in [-0.39, 0.29) is 40.8 Å². The number of piperazine rings is 1. The molecule has 2 aromatic heterocycles. The number of carbonyl (C=O) groups excluding carboxylic acids is 1. The van der Waals surface area contributed by atoms with Crippen molar-refractivity contribution < 1.29 is 22.5 Å². The van der Waals surface area contributed by atoms with Crippen LogP contribution in [0.2, 0.25) is 0 Å². The van der Waals surface area contributed by atoms with Crippen LogP contribution in [0.1, 0.15) is 21.6 Å². The van der Waals surface area contributed by atoms with E-state index in [9.17, 15) is 18.0 Å². The van der Waals surface area contributed by atoms with E-state index in [0.29, 0.717) is 37.3 Å². The van der Waals surface area contributed by atoms with E-state index in [0.717, 1.165) is 6.07 Å². The summed E-state index contributed by atoms with van der Waals surface area (Å²) in [6.07, 6.45) is -4.55. The van der Waals surface area contributed by atoms with E-state index >= 15 is 0 Å². The lowest BCUT2D eigenvalue weighted by atomic mass is 10.00. The Morgan fingerprint density at radius 1 is 1.21 bits per heavy atom. The van der Waals surface area contributed by atoms with E-state index in [4.69, 9.17) is 4.52 Å². The maximum atomic E-state index is 13.5. The third-order valence-corrected chi connectivity index (χ3v) is 4.76. The number of fused-ring (bicyclic) bond motifs is 1. The summed E-state index contributed by atoms with van der Waals surface area (Å²) in [5.74, 6) is -0.272. The third-order valence-electron chi connectivity index (χ3n) is 4.76. The predicted molar refractivity (Wildman–Crippen MR) is 103 cm³/mol. The second-order valence-electron chi connectivity index (χ2n) is 6.59. The lowest BCUT2D eigenvalue weighted by Gasteiger charge is -2.27. The van der Waals surface area contributed by atoms with Crippen LogP contribution in [0, 0.1) is 6.92 Å². The van der Waals surface area contributed by atoms with Gasteiger partial charge in [0.1, 0.15) is 0 Å². The van der Waals surface area contributed by atoms with Gasteiger partial charge in [0, 0.05) is 31.7 Å². The molecule has 1 aromatic carbocycles. The number of aryl methyl sites for hydroxylation is 1. The smallest absolute Gasteiger partial charge is 0.336 e. The SMILES string of the molecule is Cc1noc2nc(-c3ccccc3C(F)(F)F)cc(C(=O)N3CCNCC3)c12.Cl. The van der Waals surface area contributed by atoms with Gasteiger partial charge in [-0.05, 0) is 19.1 Å². The Bertz CT molecular complexity index is 1050. The first-order valence-electron chi connectivity index (χ1n) is 8.80. The molecule has 1 saturated heterocycles. The minimum atomic E-state index is -4.55. The fourth-order valence-corrected chi connectivity index (χ4v) is 3.39. The van der Waals surface area contributed by atoms with Gasteiger partial charge in [-0.15, -0.1) is 12.4 Å². The van der Waals surface area contributed by atoms with E-state index < -0.39 is 11.7 Å². The van der Waals surface area contributed by atoms with E-state index in [2.05, 4.69) is 15.5 Å². The van der Waals surface area contributed by atoms with Crippen molar-refractivity contribution >= 4 is 29.4 Å². The molecule has 1 fully saturated rings. The average Bonchev–Trinajstić information content (AvgIpc) is 3.08. The summed E-state index contributed by atoms with van der Waals surface area (Å²) in [5, 5.41) is 7.44. The number of nitrogens with zero attached hydrogens (tertiary/aromatic N) is 3. The number of alkyl halides is 3. The molecule has 0 unspecified atom stereocenters. The van der Waals surface area contributed by atoms with Crippen LogP contribution < -0.4 is 5.32 Å². The Hall–Kier alpha value is -2.65. The molecule has 0 spiro atoms. The summed E-state index contributed by atoms with van der Waals surface area (Å²) < 4.78 is 45.6. The molecule has 0 bridgehead atoms. The highest BCUT2D eigenvalue weighted by molar-refractivity contribution is 6.07. The first-order valence-corrected chi connectivity index (χ1v) is 8.80. The fourth-order valence-electron chi connectivity index (χ4n) is 3.39. The van der Waals surface area contributed by atoms with E-state index in [1.165, 1.54) is 24.3 Å². The molecule has 3 heterocycles. The summed E-state index contributed by atoms with van der Waals surface area (Å²) in [6, 6.07) is 6.54. The summed E-state index contributed by atoms with van der Waals surface area (Å²) in [4.78, 5) is 19.0. The molecular weight excluding hydrogens is 409 g/mol. The highest BCUT2D eigenvalue weighted by Crippen LogP contribution is 2.37. The number of rotatable bonds is 2. The van der Waals surface area contributed by atoms with Crippen LogP contribution in [0.3, 0.4) is 0 Å². The molecule has 0 radical (unpaired) electrons. The van der Waals surface area contributed by atoms with Gasteiger partial charge in [-0.3, -0.25) is 4.79 Å². The van der Waals surface area contributed by atoms with Crippen LogP contribution >= 0.6 is 12.4 Å². The van der Waals surface area contributed by atoms with Crippen molar-refractivity contribution in [1.29, 1.82) is 0 Å². The molecular formula is C19H18ClF3N4O2. The molecule has 0 atom stereocenters. The van der Waals surface area contributed by atoms with Gasteiger partial charge in [0.15, 0.2) is 0 Å². The Kier molecular flexibility index (Phi) is 5.81. The second kappa shape index (κ2) is 8.00. The van der Waals surface area contributed by atoms with Crippen LogP contribution in [-0.2, 0) is 6.18 Å². The highest BCUT2D eigenvalue weighted by Gasteiger charge is 2.34. The zero-order valence-electron chi connectivity index (χ0n) is 15.4. The van der Waals surface area contributed by atoms with Gasteiger partial charge in [-0.1, -0.05) is 23.4 Å². The van der Waals surface area contributed by atoms with Crippen molar-refractivity contribution in [3.63, 3.8) is 0 Å². The number of pyridine rings is 1. The molecule has 10 heteroatoms. The lowest BCUT2D eigenvalue weighted by Crippen LogP contribution is -2.46. The number of hydrogen-bond donors (Lipinski definition) is 1. The highest BCUT2D eigenvalue weighted by atomic mass is 35.5. The van der Waals surface area contributed by atoms with Crippen molar-refractivity contribution in [3.8, 4) is 11.3 Å². The average molecular weight is 427 g/mol. The standard InChI is InChI=1S/C19H17F3N4O2.ClH/c1-11-16-13(18(27)26-8-6-23-7-9-26)10-15(24-17(16)28-25-11)12-4-2-3-5-14(12)19(20,21)22;/h2-5,10,23H,6-9H2,1H3;1H. The number of nitrogens with one attached hydrogen (secondary N) is 1. The van der Waals surface area contributed by atoms with Crippen LogP contribution in [0.5, 0.6) is 0 Å². The molecule has 29 heavy (non-hydrogen) atoms. The summed E-state index contributed by atoms with van der Waals surface area (Å²) >= 11 is 0. The zero-order chi connectivity index (χ0) is 19.9.